The summed E-state index contributed by atoms with van der Waals surface area (Å²) in [7, 11) is 0. The van der Waals surface area contributed by atoms with E-state index in [2.05, 4.69) is 5.10 Å². The van der Waals surface area contributed by atoms with E-state index in [-0.39, 0.29) is 30.1 Å². The molecule has 1 fully saturated rings. The fourth-order valence-corrected chi connectivity index (χ4v) is 2.90. The van der Waals surface area contributed by atoms with E-state index in [9.17, 15) is 9.59 Å². The Balaban J connectivity index is 1.75. The molecule has 2 aromatic rings. The number of carbonyl (C=O) groups is 2. The van der Waals surface area contributed by atoms with Crippen LogP contribution in [0.15, 0.2) is 36.7 Å². The highest BCUT2D eigenvalue weighted by atomic mass is 35.5. The van der Waals surface area contributed by atoms with Gasteiger partial charge >= 0.3 is 5.97 Å². The summed E-state index contributed by atoms with van der Waals surface area (Å²) in [6.07, 6.45) is 4.60. The number of amides is 1. The number of carboxylic acids is 1. The van der Waals surface area contributed by atoms with Crippen molar-refractivity contribution in [1.82, 2.24) is 14.7 Å². The largest absolute Gasteiger partial charge is 0.478 e. The molecule has 7 heteroatoms. The molecule has 1 aliphatic rings. The lowest BCUT2D eigenvalue weighted by molar-refractivity contribution is -0.134. The summed E-state index contributed by atoms with van der Waals surface area (Å²) in [5.74, 6) is -1.12. The van der Waals surface area contributed by atoms with Crippen LogP contribution < -0.4 is 0 Å². The predicted octanol–water partition coefficient (Wildman–Crippen LogP) is 2.99. The van der Waals surface area contributed by atoms with Gasteiger partial charge in [-0.05, 0) is 37.5 Å². The molecule has 1 aromatic heterocycles. The van der Waals surface area contributed by atoms with E-state index in [0.29, 0.717) is 5.02 Å². The van der Waals surface area contributed by atoms with Crippen LogP contribution in [0.1, 0.15) is 41.7 Å². The average Bonchev–Trinajstić information content (AvgIpc) is 3.25. The minimum atomic E-state index is -1.05. The summed E-state index contributed by atoms with van der Waals surface area (Å²) in [6, 6.07) is 7.64. The van der Waals surface area contributed by atoms with Crippen molar-refractivity contribution in [3.05, 3.63) is 52.8 Å². The standard InChI is InChI=1S/C17H18ClN3O3/c1-11(12-2-4-14(18)5-3-12)21(15-6-7-15)16(22)10-20-9-13(8-19-20)17(23)24/h2-5,8-9,11,15H,6-7,10H2,1H3,(H,23,24). The Hall–Kier alpha value is -2.34. The van der Waals surface area contributed by atoms with Crippen LogP contribution in [0.5, 0.6) is 0 Å². The third-order valence-electron chi connectivity index (χ3n) is 4.18. The van der Waals surface area contributed by atoms with E-state index in [0.717, 1.165) is 18.4 Å². The maximum absolute atomic E-state index is 12.7. The number of rotatable bonds is 6. The minimum absolute atomic E-state index is 0.0295. The highest BCUT2D eigenvalue weighted by molar-refractivity contribution is 6.30. The van der Waals surface area contributed by atoms with E-state index in [4.69, 9.17) is 16.7 Å². The Morgan fingerprint density at radius 2 is 2.04 bits per heavy atom. The second kappa shape index (κ2) is 6.65. The summed E-state index contributed by atoms with van der Waals surface area (Å²) < 4.78 is 1.37. The molecule has 1 heterocycles. The van der Waals surface area contributed by atoms with Gasteiger partial charge in [-0.1, -0.05) is 23.7 Å². The molecule has 1 atom stereocenters. The molecule has 0 bridgehead atoms. The Bertz CT molecular complexity index is 753. The zero-order valence-corrected chi connectivity index (χ0v) is 14.0. The van der Waals surface area contributed by atoms with Gasteiger partial charge in [0.2, 0.25) is 5.91 Å². The van der Waals surface area contributed by atoms with Gasteiger partial charge < -0.3 is 10.0 Å². The third-order valence-corrected chi connectivity index (χ3v) is 4.43. The van der Waals surface area contributed by atoms with Gasteiger partial charge in [0.1, 0.15) is 6.54 Å². The summed E-state index contributed by atoms with van der Waals surface area (Å²) >= 11 is 5.93. The van der Waals surface area contributed by atoms with E-state index in [1.165, 1.54) is 17.1 Å². The lowest BCUT2D eigenvalue weighted by Gasteiger charge is -2.30. The number of carboxylic acid groups (broad SMARTS) is 1. The number of aromatic carboxylic acids is 1. The molecule has 1 unspecified atom stereocenters. The number of carbonyl (C=O) groups excluding carboxylic acids is 1. The van der Waals surface area contributed by atoms with Crippen molar-refractivity contribution in [2.45, 2.75) is 38.4 Å². The summed E-state index contributed by atoms with van der Waals surface area (Å²) in [5.41, 5.74) is 1.10. The van der Waals surface area contributed by atoms with Crippen LogP contribution >= 0.6 is 11.6 Å². The second-order valence-corrected chi connectivity index (χ2v) is 6.43. The van der Waals surface area contributed by atoms with Crippen LogP contribution in [0.2, 0.25) is 5.02 Å². The smallest absolute Gasteiger partial charge is 0.338 e. The Labute approximate surface area is 144 Å². The third kappa shape index (κ3) is 3.59. The number of halogens is 1. The van der Waals surface area contributed by atoms with Crippen LogP contribution in [-0.2, 0) is 11.3 Å². The van der Waals surface area contributed by atoms with Crippen LogP contribution in [0, 0.1) is 0 Å². The zero-order valence-electron chi connectivity index (χ0n) is 13.2. The SMILES string of the molecule is CC(c1ccc(Cl)cc1)N(C(=O)Cn1cc(C(=O)O)cn1)C1CC1. The number of hydrogen-bond donors (Lipinski definition) is 1. The molecule has 0 spiro atoms. The second-order valence-electron chi connectivity index (χ2n) is 5.99. The molecule has 6 nitrogen and oxygen atoms in total. The molecule has 1 amide bonds. The molecule has 1 aliphatic carbocycles. The van der Waals surface area contributed by atoms with Crippen molar-refractivity contribution in [3.63, 3.8) is 0 Å². The Morgan fingerprint density at radius 1 is 1.38 bits per heavy atom. The molecule has 126 valence electrons. The van der Waals surface area contributed by atoms with Crippen LogP contribution in [-0.4, -0.2) is 37.7 Å². The van der Waals surface area contributed by atoms with Crippen LogP contribution in [0.3, 0.4) is 0 Å². The van der Waals surface area contributed by atoms with E-state index >= 15 is 0 Å². The molecular weight excluding hydrogens is 330 g/mol. The van der Waals surface area contributed by atoms with Gasteiger partial charge in [0.15, 0.2) is 0 Å². The molecule has 3 rings (SSSR count). The van der Waals surface area contributed by atoms with Gasteiger partial charge in [0, 0.05) is 17.3 Å². The number of aromatic nitrogens is 2. The van der Waals surface area contributed by atoms with Crippen LogP contribution in [0.4, 0.5) is 0 Å². The van der Waals surface area contributed by atoms with Gasteiger partial charge in [0.25, 0.3) is 0 Å². The first-order valence-corrected chi connectivity index (χ1v) is 8.16. The molecule has 0 saturated heterocycles. The summed E-state index contributed by atoms with van der Waals surface area (Å²) in [6.45, 7) is 2.02. The normalized spacial score (nSPS) is 15.1. The van der Waals surface area contributed by atoms with Gasteiger partial charge in [-0.15, -0.1) is 0 Å². The zero-order chi connectivity index (χ0) is 17.3. The van der Waals surface area contributed by atoms with Crippen molar-refractivity contribution in [3.8, 4) is 0 Å². The topological polar surface area (TPSA) is 75.4 Å². The molecule has 0 radical (unpaired) electrons. The molecule has 1 aromatic carbocycles. The maximum atomic E-state index is 12.7. The molecule has 0 aliphatic heterocycles. The first-order chi connectivity index (χ1) is 11.5. The molecule has 1 N–H and O–H groups in total. The lowest BCUT2D eigenvalue weighted by Crippen LogP contribution is -2.38. The summed E-state index contributed by atoms with van der Waals surface area (Å²) in [5, 5.41) is 13.6. The number of benzene rings is 1. The van der Waals surface area contributed by atoms with E-state index < -0.39 is 5.97 Å². The molecule has 24 heavy (non-hydrogen) atoms. The quantitative estimate of drug-likeness (QED) is 0.871. The first kappa shape index (κ1) is 16.5. The van der Waals surface area contributed by atoms with E-state index in [1.54, 1.807) is 0 Å². The van der Waals surface area contributed by atoms with Crippen molar-refractivity contribution in [2.24, 2.45) is 0 Å². The van der Waals surface area contributed by atoms with Crippen molar-refractivity contribution >= 4 is 23.5 Å². The van der Waals surface area contributed by atoms with Gasteiger partial charge in [-0.2, -0.15) is 5.10 Å². The summed E-state index contributed by atoms with van der Waals surface area (Å²) in [4.78, 5) is 25.5. The van der Waals surface area contributed by atoms with Gasteiger partial charge in [-0.25, -0.2) is 4.79 Å². The van der Waals surface area contributed by atoms with Crippen molar-refractivity contribution in [2.75, 3.05) is 0 Å². The van der Waals surface area contributed by atoms with Gasteiger partial charge in [-0.3, -0.25) is 9.48 Å². The number of nitrogens with zero attached hydrogens (tertiary/aromatic N) is 3. The molecular formula is C17H18ClN3O3. The van der Waals surface area contributed by atoms with Crippen molar-refractivity contribution < 1.29 is 14.7 Å². The highest BCUT2D eigenvalue weighted by Crippen LogP contribution is 2.34. The average molecular weight is 348 g/mol. The Kier molecular flexibility index (Phi) is 4.57. The highest BCUT2D eigenvalue weighted by Gasteiger charge is 2.36. The fourth-order valence-electron chi connectivity index (χ4n) is 2.77. The molecule has 1 saturated carbocycles. The number of hydrogen-bond acceptors (Lipinski definition) is 3. The van der Waals surface area contributed by atoms with Crippen molar-refractivity contribution in [1.29, 1.82) is 0 Å². The first-order valence-electron chi connectivity index (χ1n) is 7.78. The van der Waals surface area contributed by atoms with E-state index in [1.807, 2.05) is 36.1 Å². The lowest BCUT2D eigenvalue weighted by atomic mass is 10.1. The predicted molar refractivity (Wildman–Crippen MR) is 88.9 cm³/mol. The van der Waals surface area contributed by atoms with Gasteiger partial charge in [0.05, 0.1) is 17.8 Å². The van der Waals surface area contributed by atoms with Crippen LogP contribution in [0.25, 0.3) is 0 Å². The Morgan fingerprint density at radius 3 is 2.58 bits per heavy atom. The monoisotopic (exact) mass is 347 g/mol. The minimum Gasteiger partial charge on any atom is -0.478 e. The fraction of sp³-hybridized carbons (Fsp3) is 0.353. The maximum Gasteiger partial charge on any atom is 0.338 e.